The summed E-state index contributed by atoms with van der Waals surface area (Å²) >= 11 is 0. The normalized spacial score (nSPS) is 12.1. The van der Waals surface area contributed by atoms with E-state index >= 15 is 0 Å². The Morgan fingerprint density at radius 1 is 1.38 bits per heavy atom. The van der Waals surface area contributed by atoms with Gasteiger partial charge in [-0.25, -0.2) is 4.79 Å². The summed E-state index contributed by atoms with van der Waals surface area (Å²) in [6.45, 7) is 5.39. The summed E-state index contributed by atoms with van der Waals surface area (Å²) in [6, 6.07) is 3.03. The van der Waals surface area contributed by atoms with Gasteiger partial charge in [-0.3, -0.25) is 4.68 Å². The summed E-state index contributed by atoms with van der Waals surface area (Å²) in [7, 11) is 0. The minimum atomic E-state index is -4.44. The first kappa shape index (κ1) is 15.3. The fourth-order valence-electron chi connectivity index (χ4n) is 2.06. The van der Waals surface area contributed by atoms with Gasteiger partial charge >= 0.3 is 12.1 Å². The average molecular weight is 300 g/mol. The molecule has 1 heterocycles. The average Bonchev–Trinajstić information content (AvgIpc) is 2.76. The number of alkyl halides is 3. The van der Waals surface area contributed by atoms with Gasteiger partial charge in [0.25, 0.3) is 0 Å². The molecule has 0 saturated carbocycles. The molecule has 0 aliphatic carbocycles. The standard InChI is InChI=1S/C14H15F3N2O2/c1-4-21-13(20)12-10-6-5-9(14(15,16)17)7-11(10)19(18-12)8(2)3/h5-8H,4H2,1-3H3. The minimum Gasteiger partial charge on any atom is -0.461 e. The molecular weight excluding hydrogens is 285 g/mol. The second-order valence-electron chi connectivity index (χ2n) is 4.84. The summed E-state index contributed by atoms with van der Waals surface area (Å²) in [6.07, 6.45) is -4.44. The van der Waals surface area contributed by atoms with Crippen LogP contribution >= 0.6 is 0 Å². The zero-order valence-electron chi connectivity index (χ0n) is 11.9. The van der Waals surface area contributed by atoms with Crippen molar-refractivity contribution in [2.75, 3.05) is 6.61 Å². The maximum Gasteiger partial charge on any atom is 0.416 e. The monoisotopic (exact) mass is 300 g/mol. The lowest BCUT2D eigenvalue weighted by molar-refractivity contribution is -0.137. The third kappa shape index (κ3) is 2.86. The summed E-state index contributed by atoms with van der Waals surface area (Å²) in [5.74, 6) is -0.637. The Labute approximate surface area is 119 Å². The molecule has 0 unspecified atom stereocenters. The van der Waals surface area contributed by atoms with E-state index in [1.165, 1.54) is 10.7 Å². The minimum absolute atomic E-state index is 0.0364. The van der Waals surface area contributed by atoms with Crippen LogP contribution in [0.1, 0.15) is 42.9 Å². The molecule has 0 saturated heterocycles. The number of benzene rings is 1. The maximum absolute atomic E-state index is 12.8. The van der Waals surface area contributed by atoms with E-state index in [1.54, 1.807) is 20.8 Å². The van der Waals surface area contributed by atoms with Gasteiger partial charge in [-0.15, -0.1) is 0 Å². The van der Waals surface area contributed by atoms with Crippen molar-refractivity contribution in [2.24, 2.45) is 0 Å². The summed E-state index contributed by atoms with van der Waals surface area (Å²) in [5.41, 5.74) is -0.468. The van der Waals surface area contributed by atoms with Crippen LogP contribution in [-0.2, 0) is 10.9 Å². The first-order chi connectivity index (χ1) is 9.75. The maximum atomic E-state index is 12.8. The molecule has 0 radical (unpaired) electrons. The van der Waals surface area contributed by atoms with E-state index in [2.05, 4.69) is 5.10 Å². The van der Waals surface area contributed by atoms with E-state index in [1.807, 2.05) is 0 Å². The molecule has 1 aromatic heterocycles. The molecule has 0 N–H and O–H groups in total. The number of rotatable bonds is 3. The fraction of sp³-hybridized carbons (Fsp3) is 0.429. The lowest BCUT2D eigenvalue weighted by Gasteiger charge is -2.09. The number of halogens is 3. The number of hydrogen-bond donors (Lipinski definition) is 0. The summed E-state index contributed by atoms with van der Waals surface area (Å²) in [4.78, 5) is 11.9. The van der Waals surface area contributed by atoms with Crippen LogP contribution in [0, 0.1) is 0 Å². The van der Waals surface area contributed by atoms with Gasteiger partial charge in [-0.2, -0.15) is 18.3 Å². The lowest BCUT2D eigenvalue weighted by atomic mass is 10.1. The van der Waals surface area contributed by atoms with E-state index in [-0.39, 0.29) is 23.9 Å². The van der Waals surface area contributed by atoms with Gasteiger partial charge < -0.3 is 4.74 Å². The third-order valence-corrected chi connectivity index (χ3v) is 2.99. The van der Waals surface area contributed by atoms with Crippen LogP contribution in [-0.4, -0.2) is 22.4 Å². The highest BCUT2D eigenvalue weighted by molar-refractivity contribution is 6.02. The Bertz CT molecular complexity index is 675. The first-order valence-corrected chi connectivity index (χ1v) is 6.52. The molecule has 0 aliphatic heterocycles. The van der Waals surface area contributed by atoms with Crippen LogP contribution < -0.4 is 0 Å². The van der Waals surface area contributed by atoms with Crippen LogP contribution in [0.5, 0.6) is 0 Å². The summed E-state index contributed by atoms with van der Waals surface area (Å²) in [5, 5.41) is 4.46. The zero-order valence-corrected chi connectivity index (χ0v) is 11.9. The van der Waals surface area contributed by atoms with Crippen molar-refractivity contribution < 1.29 is 22.7 Å². The second kappa shape index (κ2) is 5.38. The molecule has 0 fully saturated rings. The Morgan fingerprint density at radius 3 is 2.57 bits per heavy atom. The highest BCUT2D eigenvalue weighted by atomic mass is 19.4. The van der Waals surface area contributed by atoms with Crippen molar-refractivity contribution in [3.05, 3.63) is 29.5 Å². The van der Waals surface area contributed by atoms with Gasteiger partial charge in [0.05, 0.1) is 17.7 Å². The van der Waals surface area contributed by atoms with Gasteiger partial charge in [0.1, 0.15) is 0 Å². The number of aromatic nitrogens is 2. The van der Waals surface area contributed by atoms with Crippen LogP contribution in [0.2, 0.25) is 0 Å². The number of esters is 1. The van der Waals surface area contributed by atoms with E-state index in [0.29, 0.717) is 5.39 Å². The number of ether oxygens (including phenoxy) is 1. The second-order valence-corrected chi connectivity index (χ2v) is 4.84. The van der Waals surface area contributed by atoms with E-state index < -0.39 is 17.7 Å². The smallest absolute Gasteiger partial charge is 0.416 e. The lowest BCUT2D eigenvalue weighted by Crippen LogP contribution is -2.08. The fourth-order valence-corrected chi connectivity index (χ4v) is 2.06. The predicted octanol–water partition coefficient (Wildman–Crippen LogP) is 3.81. The van der Waals surface area contributed by atoms with Gasteiger partial charge in [-0.05, 0) is 39.0 Å². The Hall–Kier alpha value is -2.05. The molecular formula is C14H15F3N2O2. The van der Waals surface area contributed by atoms with Gasteiger partial charge in [0.2, 0.25) is 0 Å². The van der Waals surface area contributed by atoms with Crippen molar-refractivity contribution >= 4 is 16.9 Å². The molecule has 0 bridgehead atoms. The van der Waals surface area contributed by atoms with Crippen LogP contribution in [0.4, 0.5) is 13.2 Å². The summed E-state index contributed by atoms with van der Waals surface area (Å²) < 4.78 is 44.7. The molecule has 1 aromatic carbocycles. The number of fused-ring (bicyclic) bond motifs is 1. The number of carbonyl (C=O) groups excluding carboxylic acids is 1. The first-order valence-electron chi connectivity index (χ1n) is 6.52. The molecule has 4 nitrogen and oxygen atoms in total. The molecule has 0 aliphatic rings. The van der Waals surface area contributed by atoms with Gasteiger partial charge in [0, 0.05) is 11.4 Å². The van der Waals surface area contributed by atoms with Gasteiger partial charge in [0.15, 0.2) is 5.69 Å². The van der Waals surface area contributed by atoms with E-state index in [4.69, 9.17) is 4.74 Å². The van der Waals surface area contributed by atoms with Crippen molar-refractivity contribution in [1.29, 1.82) is 0 Å². The van der Waals surface area contributed by atoms with Gasteiger partial charge in [-0.1, -0.05) is 0 Å². The van der Waals surface area contributed by atoms with Crippen molar-refractivity contribution in [2.45, 2.75) is 33.0 Å². The van der Waals surface area contributed by atoms with Crippen molar-refractivity contribution in [3.8, 4) is 0 Å². The number of hydrogen-bond acceptors (Lipinski definition) is 3. The molecule has 0 amide bonds. The highest BCUT2D eigenvalue weighted by Crippen LogP contribution is 2.33. The Morgan fingerprint density at radius 2 is 2.05 bits per heavy atom. The molecule has 21 heavy (non-hydrogen) atoms. The van der Waals surface area contributed by atoms with E-state index in [9.17, 15) is 18.0 Å². The molecule has 0 atom stereocenters. The molecule has 7 heteroatoms. The van der Waals surface area contributed by atoms with Crippen molar-refractivity contribution in [1.82, 2.24) is 9.78 Å². The van der Waals surface area contributed by atoms with Crippen LogP contribution in [0.15, 0.2) is 18.2 Å². The van der Waals surface area contributed by atoms with Crippen molar-refractivity contribution in [3.63, 3.8) is 0 Å². The highest BCUT2D eigenvalue weighted by Gasteiger charge is 2.32. The SMILES string of the molecule is CCOC(=O)c1nn(C(C)C)c2cc(C(F)(F)F)ccc12. The topological polar surface area (TPSA) is 44.1 Å². The Balaban J connectivity index is 2.67. The van der Waals surface area contributed by atoms with Crippen LogP contribution in [0.25, 0.3) is 10.9 Å². The molecule has 2 rings (SSSR count). The largest absolute Gasteiger partial charge is 0.461 e. The van der Waals surface area contributed by atoms with Crippen LogP contribution in [0.3, 0.4) is 0 Å². The quantitative estimate of drug-likeness (QED) is 0.810. The molecule has 2 aromatic rings. The zero-order chi connectivity index (χ0) is 15.8. The number of carbonyl (C=O) groups is 1. The van der Waals surface area contributed by atoms with E-state index in [0.717, 1.165) is 12.1 Å². The molecule has 114 valence electrons. The predicted molar refractivity (Wildman–Crippen MR) is 71.1 cm³/mol. The number of nitrogens with zero attached hydrogens (tertiary/aromatic N) is 2. The Kier molecular flexibility index (Phi) is 3.93. The third-order valence-electron chi connectivity index (χ3n) is 2.99. The molecule has 0 spiro atoms.